The molecule has 2 atom stereocenters. The number of rotatable bonds is 8. The summed E-state index contributed by atoms with van der Waals surface area (Å²) in [6.07, 6.45) is 0.752. The van der Waals surface area contributed by atoms with E-state index in [1.54, 1.807) is 0 Å². The quantitative estimate of drug-likeness (QED) is 0.200. The monoisotopic (exact) mass is 379 g/mol. The lowest BCUT2D eigenvalue weighted by Crippen LogP contribution is -2.55. The number of nitrogens with one attached hydrogen (secondary N) is 2. The first-order valence-electron chi connectivity index (χ1n) is 8.21. The van der Waals surface area contributed by atoms with Gasteiger partial charge in [-0.05, 0) is 23.2 Å². The van der Waals surface area contributed by atoms with Gasteiger partial charge in [-0.3, -0.25) is 14.4 Å². The van der Waals surface area contributed by atoms with Crippen LogP contribution in [0.15, 0.2) is 9.59 Å². The molecule has 2 aromatic rings. The summed E-state index contributed by atoms with van der Waals surface area (Å²) in [5, 5.41) is 42.8. The van der Waals surface area contributed by atoms with Gasteiger partial charge in [0.2, 0.25) is 5.95 Å². The zero-order valence-corrected chi connectivity index (χ0v) is 14.1. The number of nitrogens with two attached hydrogens (primary N) is 1. The fourth-order valence-electron chi connectivity index (χ4n) is 3.37. The average Bonchev–Trinajstić information content (AvgIpc) is 3.23. The fraction of sp³-hybridized carbons (Fsp3) is 0.538. The van der Waals surface area contributed by atoms with Crippen molar-refractivity contribution in [2.45, 2.75) is 24.7 Å². The molecule has 144 valence electrons. The number of hydrogen-bond acceptors (Lipinski definition) is 11. The molecule has 0 bridgehead atoms. The van der Waals surface area contributed by atoms with Crippen LogP contribution in [0.25, 0.3) is 0 Å². The Labute approximate surface area is 152 Å². The van der Waals surface area contributed by atoms with Crippen LogP contribution < -0.4 is 26.8 Å². The van der Waals surface area contributed by atoms with Gasteiger partial charge in [0.25, 0.3) is 10.9 Å². The Kier molecular flexibility index (Phi) is 4.95. The summed E-state index contributed by atoms with van der Waals surface area (Å²) in [4.78, 5) is 37.2. The Morgan fingerprint density at radius 1 is 1.41 bits per heavy atom. The van der Waals surface area contributed by atoms with Gasteiger partial charge in [-0.1, -0.05) is 11.5 Å². The third-order valence-corrected chi connectivity index (χ3v) is 4.82. The van der Waals surface area contributed by atoms with Crippen LogP contribution in [0.3, 0.4) is 0 Å². The second-order valence-electron chi connectivity index (χ2n) is 6.59. The first-order valence-corrected chi connectivity index (χ1v) is 8.21. The minimum absolute atomic E-state index is 0.0299. The van der Waals surface area contributed by atoms with E-state index in [0.29, 0.717) is 12.8 Å². The van der Waals surface area contributed by atoms with E-state index in [2.05, 4.69) is 25.9 Å². The molecule has 0 radical (unpaired) electrons. The molecule has 13 nitrogen and oxygen atoms in total. The number of hydrogen-bond donors (Lipinski definition) is 6. The number of anilines is 3. The van der Waals surface area contributed by atoms with Crippen LogP contribution in [0.2, 0.25) is 6.32 Å². The van der Waals surface area contributed by atoms with Crippen LogP contribution in [0, 0.1) is 5.92 Å². The lowest BCUT2D eigenvalue weighted by Gasteiger charge is -2.25. The Hall–Kier alpha value is -2.84. The summed E-state index contributed by atoms with van der Waals surface area (Å²) >= 11 is 0. The molecule has 1 aliphatic heterocycles. The van der Waals surface area contributed by atoms with Crippen molar-refractivity contribution >= 4 is 30.4 Å². The Morgan fingerprint density at radius 2 is 2.15 bits per heavy atom. The fourth-order valence-corrected chi connectivity index (χ4v) is 3.37. The molecule has 1 aliphatic rings. The number of aliphatic carboxylic acids is 1. The highest BCUT2D eigenvalue weighted by molar-refractivity contribution is 6.40. The number of carboxylic acid groups (broad SMARTS) is 1. The summed E-state index contributed by atoms with van der Waals surface area (Å²) in [5.74, 6) is -1.71. The van der Waals surface area contributed by atoms with Crippen molar-refractivity contribution in [3.8, 4) is 0 Å². The van der Waals surface area contributed by atoms with Crippen molar-refractivity contribution in [2.75, 3.05) is 23.3 Å². The highest BCUT2D eigenvalue weighted by Gasteiger charge is 2.50. The van der Waals surface area contributed by atoms with Gasteiger partial charge in [0.05, 0.1) is 0 Å². The number of H-pyrrole nitrogens is 1. The minimum Gasteiger partial charge on any atom is -0.480 e. The molecular formula is C13H18BN7O6. The molecule has 1 saturated heterocycles. The number of nitrogens with zero attached hydrogens (tertiary/aromatic N) is 4. The van der Waals surface area contributed by atoms with E-state index < -0.39 is 35.4 Å². The van der Waals surface area contributed by atoms with Crippen LogP contribution in [0.1, 0.15) is 12.8 Å². The molecule has 27 heavy (non-hydrogen) atoms. The lowest BCUT2D eigenvalue weighted by atomic mass is 9.78. The van der Waals surface area contributed by atoms with Gasteiger partial charge in [0.1, 0.15) is 16.9 Å². The smallest absolute Gasteiger partial charge is 0.451 e. The van der Waals surface area contributed by atoms with Crippen molar-refractivity contribution in [1.82, 2.24) is 20.6 Å². The van der Waals surface area contributed by atoms with E-state index in [9.17, 15) is 19.5 Å². The van der Waals surface area contributed by atoms with E-state index in [1.807, 2.05) is 0 Å². The SMILES string of the molecule is N[C@@]1(C(=O)O)CN(c2c(Nc3nnn[nH]3)c(=O)c2=O)C[C@@H]1CCCB(O)O. The summed E-state index contributed by atoms with van der Waals surface area (Å²) in [6, 6.07) is 0. The standard InChI is InChI=1S/C13H18BN7O6/c15-13(11(24)25)5-21(4-6(13)2-1-3-14(26)27)8-7(9(22)10(8)23)16-12-17-19-20-18-12/h6,26-27H,1-5,15H2,(H,24,25)(H2,16,17,18,19,20)/t6-,13-/m0/s1. The number of tetrazole rings is 1. The molecule has 1 aromatic carbocycles. The van der Waals surface area contributed by atoms with Gasteiger partial charge in [0.15, 0.2) is 0 Å². The van der Waals surface area contributed by atoms with Gasteiger partial charge in [-0.25, -0.2) is 5.10 Å². The van der Waals surface area contributed by atoms with E-state index in [-0.39, 0.29) is 36.7 Å². The normalized spacial score (nSPS) is 22.3. The number of carboxylic acids is 1. The molecule has 0 aliphatic carbocycles. The minimum atomic E-state index is -1.63. The highest BCUT2D eigenvalue weighted by Crippen LogP contribution is 2.35. The molecule has 1 fully saturated rings. The topological polar surface area (TPSA) is 208 Å². The second-order valence-corrected chi connectivity index (χ2v) is 6.59. The maximum absolute atomic E-state index is 12.1. The van der Waals surface area contributed by atoms with Crippen LogP contribution in [-0.4, -0.2) is 67.5 Å². The Bertz CT molecular complexity index is 896. The van der Waals surface area contributed by atoms with E-state index in [1.165, 1.54) is 4.90 Å². The lowest BCUT2D eigenvalue weighted by molar-refractivity contribution is -0.144. The molecule has 3 rings (SSSR count). The predicted molar refractivity (Wildman–Crippen MR) is 93.3 cm³/mol. The summed E-state index contributed by atoms with van der Waals surface area (Å²) < 4.78 is 0. The highest BCUT2D eigenvalue weighted by atomic mass is 16.4. The third kappa shape index (κ3) is 3.41. The van der Waals surface area contributed by atoms with Gasteiger partial charge in [0, 0.05) is 19.0 Å². The number of aromatic amines is 1. The third-order valence-electron chi connectivity index (χ3n) is 4.82. The molecule has 14 heteroatoms. The summed E-state index contributed by atoms with van der Waals surface area (Å²) in [7, 11) is -1.49. The van der Waals surface area contributed by atoms with Gasteiger partial charge in [-0.2, -0.15) is 0 Å². The number of aromatic nitrogens is 4. The van der Waals surface area contributed by atoms with Crippen molar-refractivity contribution in [2.24, 2.45) is 11.7 Å². The molecule has 0 amide bonds. The van der Waals surface area contributed by atoms with E-state index >= 15 is 0 Å². The van der Waals surface area contributed by atoms with Crippen LogP contribution in [0.4, 0.5) is 17.3 Å². The molecule has 7 N–H and O–H groups in total. The maximum Gasteiger partial charge on any atom is 0.451 e. The van der Waals surface area contributed by atoms with Gasteiger partial charge in [-0.15, -0.1) is 0 Å². The zero-order chi connectivity index (χ0) is 19.8. The summed E-state index contributed by atoms with van der Waals surface area (Å²) in [6.45, 7) is -0.0264. The molecular weight excluding hydrogens is 361 g/mol. The van der Waals surface area contributed by atoms with Crippen molar-refractivity contribution < 1.29 is 19.9 Å². The molecule has 0 saturated carbocycles. The van der Waals surface area contributed by atoms with Crippen molar-refractivity contribution in [1.29, 1.82) is 0 Å². The molecule has 0 spiro atoms. The van der Waals surface area contributed by atoms with Crippen LogP contribution in [-0.2, 0) is 4.79 Å². The van der Waals surface area contributed by atoms with Gasteiger partial charge >= 0.3 is 13.1 Å². The first-order chi connectivity index (χ1) is 12.7. The first kappa shape index (κ1) is 18.9. The maximum atomic E-state index is 12.1. The second kappa shape index (κ2) is 7.05. The van der Waals surface area contributed by atoms with E-state index in [0.717, 1.165) is 0 Å². The van der Waals surface area contributed by atoms with Crippen LogP contribution >= 0.6 is 0 Å². The largest absolute Gasteiger partial charge is 0.480 e. The number of carbonyl (C=O) groups is 1. The van der Waals surface area contributed by atoms with Crippen LogP contribution in [0.5, 0.6) is 0 Å². The van der Waals surface area contributed by atoms with E-state index in [4.69, 9.17) is 15.8 Å². The zero-order valence-electron chi connectivity index (χ0n) is 14.1. The Balaban J connectivity index is 1.82. The molecule has 2 heterocycles. The molecule has 1 aromatic heterocycles. The average molecular weight is 379 g/mol. The Morgan fingerprint density at radius 3 is 2.74 bits per heavy atom. The van der Waals surface area contributed by atoms with Crippen molar-refractivity contribution in [3.05, 3.63) is 20.4 Å². The molecule has 0 unspecified atom stereocenters. The van der Waals surface area contributed by atoms with Gasteiger partial charge < -0.3 is 31.1 Å². The predicted octanol–water partition coefficient (Wildman–Crippen LogP) is -2.99. The summed E-state index contributed by atoms with van der Waals surface area (Å²) in [5.41, 5.74) is 2.96. The van der Waals surface area contributed by atoms with Crippen molar-refractivity contribution in [3.63, 3.8) is 0 Å².